The molecule has 2 rings (SSSR count). The first-order valence-corrected chi connectivity index (χ1v) is 7.10. The molecule has 1 unspecified atom stereocenters. The largest absolute Gasteiger partial charge is 0.478 e. The zero-order chi connectivity index (χ0) is 15.6. The lowest BCUT2D eigenvalue weighted by Crippen LogP contribution is -2.04. The Morgan fingerprint density at radius 1 is 1.29 bits per heavy atom. The minimum Gasteiger partial charge on any atom is -0.478 e. The van der Waals surface area contributed by atoms with Gasteiger partial charge in [-0.1, -0.05) is 32.4 Å². The van der Waals surface area contributed by atoms with Crippen molar-refractivity contribution < 1.29 is 14.3 Å². The number of nitrogens with zero attached hydrogens (tertiary/aromatic N) is 2. The van der Waals surface area contributed by atoms with Gasteiger partial charge in [-0.2, -0.15) is 0 Å². The van der Waals surface area contributed by atoms with Crippen molar-refractivity contribution in [3.05, 3.63) is 34.7 Å². The highest BCUT2D eigenvalue weighted by Gasteiger charge is 2.21. The fraction of sp³-hybridized carbons (Fsp3) is 0.438. The highest BCUT2D eigenvalue weighted by Crippen LogP contribution is 2.29. The minimum atomic E-state index is -0.979. The van der Waals surface area contributed by atoms with Crippen LogP contribution in [0.1, 0.15) is 47.6 Å². The summed E-state index contributed by atoms with van der Waals surface area (Å²) in [5.41, 5.74) is 2.25. The predicted octanol–water partition coefficient (Wildman–Crippen LogP) is 3.64. The van der Waals surface area contributed by atoms with Crippen molar-refractivity contribution >= 4 is 5.97 Å². The Morgan fingerprint density at radius 3 is 2.57 bits per heavy atom. The summed E-state index contributed by atoms with van der Waals surface area (Å²) >= 11 is 0. The predicted molar refractivity (Wildman–Crippen MR) is 79.3 cm³/mol. The van der Waals surface area contributed by atoms with Crippen LogP contribution in [-0.2, 0) is 6.42 Å². The van der Waals surface area contributed by atoms with E-state index in [1.54, 1.807) is 13.0 Å². The van der Waals surface area contributed by atoms with E-state index in [4.69, 9.17) is 4.42 Å². The number of aromatic nitrogens is 2. The van der Waals surface area contributed by atoms with E-state index in [1.807, 2.05) is 13.0 Å². The molecule has 1 heterocycles. The average molecular weight is 288 g/mol. The summed E-state index contributed by atoms with van der Waals surface area (Å²) in [4.78, 5) is 11.5. The Kier molecular flexibility index (Phi) is 4.40. The molecule has 0 aliphatic carbocycles. The van der Waals surface area contributed by atoms with Crippen molar-refractivity contribution in [1.29, 1.82) is 0 Å². The molecule has 0 spiro atoms. The van der Waals surface area contributed by atoms with Crippen LogP contribution in [0, 0.1) is 19.8 Å². The molecule has 0 aliphatic rings. The van der Waals surface area contributed by atoms with Crippen molar-refractivity contribution in [3.8, 4) is 11.5 Å². The van der Waals surface area contributed by atoms with Crippen molar-refractivity contribution in [2.45, 2.75) is 40.5 Å². The summed E-state index contributed by atoms with van der Waals surface area (Å²) in [6, 6.07) is 3.66. The van der Waals surface area contributed by atoms with Gasteiger partial charge in [0.25, 0.3) is 0 Å². The fourth-order valence-electron chi connectivity index (χ4n) is 2.24. The maximum absolute atomic E-state index is 11.5. The zero-order valence-electron chi connectivity index (χ0n) is 12.8. The van der Waals surface area contributed by atoms with E-state index in [-0.39, 0.29) is 11.5 Å². The van der Waals surface area contributed by atoms with Gasteiger partial charge in [-0.05, 0) is 30.9 Å². The Balaban J connectivity index is 2.47. The zero-order valence-corrected chi connectivity index (χ0v) is 12.8. The van der Waals surface area contributed by atoms with Gasteiger partial charge in [0.05, 0.1) is 11.1 Å². The lowest BCUT2D eigenvalue weighted by molar-refractivity contribution is 0.0696. The van der Waals surface area contributed by atoms with Crippen molar-refractivity contribution in [2.24, 2.45) is 5.92 Å². The average Bonchev–Trinajstić information content (AvgIpc) is 2.88. The van der Waals surface area contributed by atoms with Crippen molar-refractivity contribution in [2.75, 3.05) is 0 Å². The lowest BCUT2D eigenvalue weighted by atomic mass is 9.97. The van der Waals surface area contributed by atoms with Crippen LogP contribution >= 0.6 is 0 Å². The van der Waals surface area contributed by atoms with Crippen LogP contribution in [0.2, 0.25) is 0 Å². The molecule has 0 fully saturated rings. The van der Waals surface area contributed by atoms with Crippen molar-refractivity contribution in [3.63, 3.8) is 0 Å². The van der Waals surface area contributed by atoms with E-state index >= 15 is 0 Å². The van der Waals surface area contributed by atoms with E-state index in [9.17, 15) is 9.90 Å². The van der Waals surface area contributed by atoms with E-state index < -0.39 is 5.97 Å². The molecular formula is C16H20N2O3. The summed E-state index contributed by atoms with van der Waals surface area (Å²) in [6.07, 6.45) is 1.73. The van der Waals surface area contributed by atoms with Gasteiger partial charge in [-0.3, -0.25) is 0 Å². The number of rotatable bonds is 5. The van der Waals surface area contributed by atoms with E-state index in [1.165, 1.54) is 0 Å². The second kappa shape index (κ2) is 6.08. The molecule has 112 valence electrons. The Bertz CT molecular complexity index is 662. The summed E-state index contributed by atoms with van der Waals surface area (Å²) in [5, 5.41) is 17.5. The number of hydrogen-bond donors (Lipinski definition) is 1. The normalized spacial score (nSPS) is 12.4. The third-order valence-electron chi connectivity index (χ3n) is 3.74. The maximum Gasteiger partial charge on any atom is 0.336 e. The van der Waals surface area contributed by atoms with Gasteiger partial charge < -0.3 is 9.52 Å². The number of aryl methyl sites for hydroxylation is 2. The molecule has 0 aliphatic heterocycles. The number of hydrogen-bond acceptors (Lipinski definition) is 4. The van der Waals surface area contributed by atoms with Crippen LogP contribution in [0.5, 0.6) is 0 Å². The molecular weight excluding hydrogens is 268 g/mol. The van der Waals surface area contributed by atoms with E-state index in [0.29, 0.717) is 29.4 Å². The fourth-order valence-corrected chi connectivity index (χ4v) is 2.24. The van der Waals surface area contributed by atoms with Gasteiger partial charge in [-0.15, -0.1) is 10.2 Å². The summed E-state index contributed by atoms with van der Waals surface area (Å²) in [5.74, 6) is 0.312. The van der Waals surface area contributed by atoms with Crippen LogP contribution in [0.15, 0.2) is 16.5 Å². The smallest absolute Gasteiger partial charge is 0.336 e. The quantitative estimate of drug-likeness (QED) is 0.909. The first kappa shape index (κ1) is 15.2. The monoisotopic (exact) mass is 288 g/mol. The van der Waals surface area contributed by atoms with Gasteiger partial charge >= 0.3 is 5.97 Å². The molecule has 1 aromatic heterocycles. The van der Waals surface area contributed by atoms with Crippen molar-refractivity contribution in [1.82, 2.24) is 10.2 Å². The van der Waals surface area contributed by atoms with Crippen LogP contribution in [-0.4, -0.2) is 21.3 Å². The van der Waals surface area contributed by atoms with Gasteiger partial charge in [0.2, 0.25) is 11.8 Å². The molecule has 0 amide bonds. The number of carboxylic acid groups (broad SMARTS) is 1. The molecule has 1 atom stereocenters. The summed E-state index contributed by atoms with van der Waals surface area (Å²) in [7, 11) is 0. The van der Waals surface area contributed by atoms with Crippen LogP contribution in [0.25, 0.3) is 11.5 Å². The van der Waals surface area contributed by atoms with Gasteiger partial charge in [0, 0.05) is 6.42 Å². The minimum absolute atomic E-state index is 0.230. The lowest BCUT2D eigenvalue weighted by Gasteiger charge is -2.09. The Morgan fingerprint density at radius 2 is 1.95 bits per heavy atom. The number of carboxylic acids is 1. The standard InChI is InChI=1S/C16H20N2O3/c1-5-9(2)8-12-17-18-15(21-12)13-10(3)6-7-11(4)14(13)16(19)20/h6-7,9H,5,8H2,1-4H3,(H,19,20). The van der Waals surface area contributed by atoms with Crippen LogP contribution in [0.3, 0.4) is 0 Å². The molecule has 2 aromatic rings. The Hall–Kier alpha value is -2.17. The second-order valence-corrected chi connectivity index (χ2v) is 5.47. The topological polar surface area (TPSA) is 76.2 Å². The van der Waals surface area contributed by atoms with Gasteiger partial charge in [-0.25, -0.2) is 4.79 Å². The second-order valence-electron chi connectivity index (χ2n) is 5.47. The van der Waals surface area contributed by atoms with Crippen LogP contribution in [0.4, 0.5) is 0 Å². The van der Waals surface area contributed by atoms with E-state index in [0.717, 1.165) is 12.0 Å². The molecule has 0 bridgehead atoms. The third kappa shape index (κ3) is 3.12. The molecule has 0 radical (unpaired) electrons. The SMILES string of the molecule is CCC(C)Cc1nnc(-c2c(C)ccc(C)c2C(=O)O)o1. The molecule has 5 heteroatoms. The molecule has 1 N–H and O–H groups in total. The molecule has 21 heavy (non-hydrogen) atoms. The molecule has 0 saturated carbocycles. The van der Waals surface area contributed by atoms with Gasteiger partial charge in [0.15, 0.2) is 0 Å². The first-order chi connectivity index (χ1) is 9.93. The van der Waals surface area contributed by atoms with Crippen LogP contribution < -0.4 is 0 Å². The maximum atomic E-state index is 11.5. The summed E-state index contributed by atoms with van der Waals surface area (Å²) < 4.78 is 5.68. The number of benzene rings is 1. The molecule has 0 saturated heterocycles. The van der Waals surface area contributed by atoms with E-state index in [2.05, 4.69) is 24.0 Å². The van der Waals surface area contributed by atoms with Gasteiger partial charge in [0.1, 0.15) is 0 Å². The molecule has 5 nitrogen and oxygen atoms in total. The Labute approximate surface area is 124 Å². The number of carbonyl (C=O) groups is 1. The highest BCUT2D eigenvalue weighted by molar-refractivity contribution is 5.97. The summed E-state index contributed by atoms with van der Waals surface area (Å²) in [6.45, 7) is 7.84. The molecule has 1 aromatic carbocycles. The number of aromatic carboxylic acids is 1. The highest BCUT2D eigenvalue weighted by atomic mass is 16.4. The first-order valence-electron chi connectivity index (χ1n) is 7.10. The third-order valence-corrected chi connectivity index (χ3v) is 3.74.